The highest BCUT2D eigenvalue weighted by molar-refractivity contribution is 5.99. The number of fused-ring (bicyclic) bond motifs is 3. The molecule has 4 heterocycles. The van der Waals surface area contributed by atoms with Gasteiger partial charge in [-0.15, -0.1) is 0 Å². The van der Waals surface area contributed by atoms with Crippen molar-refractivity contribution in [1.82, 2.24) is 19.6 Å². The predicted octanol–water partition coefficient (Wildman–Crippen LogP) is 1.00. The van der Waals surface area contributed by atoms with Crippen LogP contribution in [0.2, 0.25) is 0 Å². The monoisotopic (exact) mass is 463 g/mol. The molecule has 3 aliphatic heterocycles. The molecule has 2 unspecified atom stereocenters. The third-order valence-corrected chi connectivity index (χ3v) is 6.15. The van der Waals surface area contributed by atoms with Gasteiger partial charge in [0.05, 0.1) is 69.1 Å². The molecule has 2 fully saturated rings. The van der Waals surface area contributed by atoms with E-state index in [0.29, 0.717) is 38.5 Å². The highest BCUT2D eigenvalue weighted by Crippen LogP contribution is 2.32. The predicted molar refractivity (Wildman–Crippen MR) is 118 cm³/mol. The average Bonchev–Trinajstić information content (AvgIpc) is 3.11. The van der Waals surface area contributed by atoms with Gasteiger partial charge in [0.1, 0.15) is 11.6 Å². The summed E-state index contributed by atoms with van der Waals surface area (Å²) in [5.74, 6) is -0.492. The fraction of sp³-hybridized carbons (Fsp3) is 0.727. The van der Waals surface area contributed by atoms with Crippen LogP contribution in [0.25, 0.3) is 0 Å². The Labute approximate surface area is 193 Å². The maximum absolute atomic E-state index is 13.4. The number of nitrogens with zero attached hydrogens (tertiary/aromatic N) is 5. The Morgan fingerprint density at radius 1 is 1.24 bits per heavy atom. The number of anilines is 1. The number of piperazine rings is 1. The second-order valence-corrected chi connectivity index (χ2v) is 9.75. The number of carbonyl (C=O) groups excluding carboxylic acids is 3. The van der Waals surface area contributed by atoms with Crippen molar-refractivity contribution in [1.29, 1.82) is 0 Å². The minimum absolute atomic E-state index is 0.0577. The SMILES string of the molecule is CCOC(=O)CN1C2COCC1C(=O)N(c1cnn3c1CN(C(=O)OC(C)(C)C)[C@@H](C)C3)C2. The largest absolute Gasteiger partial charge is 0.465 e. The Kier molecular flexibility index (Phi) is 6.37. The second kappa shape index (κ2) is 8.94. The molecule has 2 saturated heterocycles. The molecule has 0 spiro atoms. The van der Waals surface area contributed by atoms with Crippen LogP contribution in [0.3, 0.4) is 0 Å². The Hall–Kier alpha value is -2.66. The molecule has 3 atom stereocenters. The average molecular weight is 464 g/mol. The van der Waals surface area contributed by atoms with E-state index in [1.54, 1.807) is 22.9 Å². The lowest BCUT2D eigenvalue weighted by atomic mass is 10.0. The number of hydrogen-bond donors (Lipinski definition) is 0. The molecule has 0 radical (unpaired) electrons. The Morgan fingerprint density at radius 3 is 2.70 bits per heavy atom. The molecule has 0 N–H and O–H groups in total. The van der Waals surface area contributed by atoms with Gasteiger partial charge in [0.2, 0.25) is 5.91 Å². The van der Waals surface area contributed by atoms with Gasteiger partial charge in [-0.25, -0.2) is 4.79 Å². The first-order valence-corrected chi connectivity index (χ1v) is 11.4. The van der Waals surface area contributed by atoms with Crippen LogP contribution in [-0.4, -0.2) is 94.2 Å². The summed E-state index contributed by atoms with van der Waals surface area (Å²) in [7, 11) is 0. The molecule has 2 bridgehead atoms. The van der Waals surface area contributed by atoms with Gasteiger partial charge in [-0.2, -0.15) is 5.10 Å². The smallest absolute Gasteiger partial charge is 0.410 e. The maximum Gasteiger partial charge on any atom is 0.410 e. The van der Waals surface area contributed by atoms with Crippen LogP contribution in [-0.2, 0) is 36.9 Å². The van der Waals surface area contributed by atoms with Crippen molar-refractivity contribution in [2.45, 2.75) is 71.4 Å². The molecular formula is C22H33N5O6. The van der Waals surface area contributed by atoms with Crippen molar-refractivity contribution < 1.29 is 28.6 Å². The fourth-order valence-corrected chi connectivity index (χ4v) is 4.60. The molecule has 11 nitrogen and oxygen atoms in total. The molecule has 1 aromatic heterocycles. The lowest BCUT2D eigenvalue weighted by Gasteiger charge is -2.48. The van der Waals surface area contributed by atoms with E-state index < -0.39 is 11.6 Å². The summed E-state index contributed by atoms with van der Waals surface area (Å²) >= 11 is 0. The molecule has 33 heavy (non-hydrogen) atoms. The maximum atomic E-state index is 13.4. The van der Waals surface area contributed by atoms with E-state index in [1.807, 2.05) is 37.3 Å². The third-order valence-electron chi connectivity index (χ3n) is 6.15. The summed E-state index contributed by atoms with van der Waals surface area (Å²) in [4.78, 5) is 43.6. The number of hydrogen-bond acceptors (Lipinski definition) is 8. The molecule has 3 aliphatic rings. The van der Waals surface area contributed by atoms with Crippen molar-refractivity contribution in [3.8, 4) is 0 Å². The first-order valence-electron chi connectivity index (χ1n) is 11.4. The highest BCUT2D eigenvalue weighted by atomic mass is 16.6. The van der Waals surface area contributed by atoms with Crippen molar-refractivity contribution >= 4 is 23.7 Å². The summed E-state index contributed by atoms with van der Waals surface area (Å²) in [6, 6.07) is -0.794. The van der Waals surface area contributed by atoms with E-state index in [0.717, 1.165) is 5.69 Å². The number of aromatic nitrogens is 2. The van der Waals surface area contributed by atoms with Gasteiger partial charge >= 0.3 is 12.1 Å². The van der Waals surface area contributed by atoms with E-state index >= 15 is 0 Å². The van der Waals surface area contributed by atoms with Crippen LogP contribution >= 0.6 is 0 Å². The topological polar surface area (TPSA) is 106 Å². The molecule has 0 aliphatic carbocycles. The standard InChI is InChI=1S/C22H33N5O6/c1-6-32-19(28)11-25-15-9-26(20(29)18(25)13-31-12-15)16-7-23-27-8-14(2)24(10-17(16)27)21(30)33-22(3,4)5/h7,14-15,18H,6,8-13H2,1-5H3/t14-,15?,18?/m0/s1. The van der Waals surface area contributed by atoms with Gasteiger partial charge in [-0.1, -0.05) is 0 Å². The summed E-state index contributed by atoms with van der Waals surface area (Å²) in [5.41, 5.74) is 0.887. The summed E-state index contributed by atoms with van der Waals surface area (Å²) in [5, 5.41) is 4.50. The summed E-state index contributed by atoms with van der Waals surface area (Å²) < 4.78 is 18.2. The Morgan fingerprint density at radius 2 is 2.00 bits per heavy atom. The van der Waals surface area contributed by atoms with E-state index in [-0.39, 0.29) is 43.2 Å². The number of amides is 2. The van der Waals surface area contributed by atoms with Crippen LogP contribution in [0, 0.1) is 0 Å². The first-order chi connectivity index (χ1) is 15.6. The van der Waals surface area contributed by atoms with Gasteiger partial charge < -0.3 is 19.1 Å². The zero-order valence-electron chi connectivity index (χ0n) is 19.9. The van der Waals surface area contributed by atoms with Crippen LogP contribution in [0.4, 0.5) is 10.5 Å². The van der Waals surface area contributed by atoms with E-state index in [1.165, 1.54) is 0 Å². The molecule has 2 amide bonds. The van der Waals surface area contributed by atoms with Gasteiger partial charge in [0.25, 0.3) is 0 Å². The lowest BCUT2D eigenvalue weighted by molar-refractivity contribution is -0.153. The minimum Gasteiger partial charge on any atom is -0.465 e. The van der Waals surface area contributed by atoms with Crippen molar-refractivity contribution in [3.05, 3.63) is 11.9 Å². The van der Waals surface area contributed by atoms with Crippen LogP contribution in [0.15, 0.2) is 6.20 Å². The third kappa shape index (κ3) is 4.70. The Balaban J connectivity index is 1.55. The van der Waals surface area contributed by atoms with Gasteiger partial charge in [0, 0.05) is 6.54 Å². The van der Waals surface area contributed by atoms with Gasteiger partial charge in [-0.3, -0.25) is 24.1 Å². The molecule has 1 aromatic rings. The summed E-state index contributed by atoms with van der Waals surface area (Å²) in [6.07, 6.45) is 1.31. The zero-order chi connectivity index (χ0) is 23.9. The van der Waals surface area contributed by atoms with Crippen LogP contribution in [0.5, 0.6) is 0 Å². The number of esters is 1. The van der Waals surface area contributed by atoms with Crippen molar-refractivity contribution in [2.75, 3.05) is 37.8 Å². The molecule has 182 valence electrons. The molecule has 4 rings (SSSR count). The van der Waals surface area contributed by atoms with Crippen molar-refractivity contribution in [3.63, 3.8) is 0 Å². The van der Waals surface area contributed by atoms with Gasteiger partial charge in [0.15, 0.2) is 0 Å². The molecule has 0 saturated carbocycles. The molecular weight excluding hydrogens is 430 g/mol. The lowest BCUT2D eigenvalue weighted by Crippen LogP contribution is -2.68. The minimum atomic E-state index is -0.597. The Bertz CT molecular complexity index is 925. The molecule has 11 heteroatoms. The number of ether oxygens (including phenoxy) is 3. The van der Waals surface area contributed by atoms with E-state index in [9.17, 15) is 14.4 Å². The number of morpholine rings is 1. The quantitative estimate of drug-likeness (QED) is 0.609. The van der Waals surface area contributed by atoms with Crippen LogP contribution in [0.1, 0.15) is 40.3 Å². The van der Waals surface area contributed by atoms with Gasteiger partial charge in [-0.05, 0) is 34.6 Å². The van der Waals surface area contributed by atoms with E-state index in [2.05, 4.69) is 5.10 Å². The normalized spacial score (nSPS) is 25.6. The number of rotatable bonds is 4. The highest BCUT2D eigenvalue weighted by Gasteiger charge is 2.46. The van der Waals surface area contributed by atoms with Crippen LogP contribution < -0.4 is 4.90 Å². The van der Waals surface area contributed by atoms with E-state index in [4.69, 9.17) is 14.2 Å². The van der Waals surface area contributed by atoms with Crippen molar-refractivity contribution in [2.24, 2.45) is 0 Å². The molecule has 0 aromatic carbocycles. The zero-order valence-corrected chi connectivity index (χ0v) is 19.9. The number of carbonyl (C=O) groups is 3. The fourth-order valence-electron chi connectivity index (χ4n) is 4.60. The summed E-state index contributed by atoms with van der Waals surface area (Å²) in [6.45, 7) is 11.4. The second-order valence-electron chi connectivity index (χ2n) is 9.75. The first kappa shape index (κ1) is 23.5.